The van der Waals surface area contributed by atoms with Crippen LogP contribution in [0.5, 0.6) is 0 Å². The zero-order valence-corrected chi connectivity index (χ0v) is 10.2. The minimum absolute atomic E-state index is 0.310. The molecule has 0 aliphatic carbocycles. The van der Waals surface area contributed by atoms with E-state index in [-0.39, 0.29) is 5.92 Å². The van der Waals surface area contributed by atoms with Crippen LogP contribution in [0.25, 0.3) is 0 Å². The van der Waals surface area contributed by atoms with Gasteiger partial charge >= 0.3 is 5.97 Å². The van der Waals surface area contributed by atoms with E-state index in [1.165, 1.54) is 0 Å². The summed E-state index contributed by atoms with van der Waals surface area (Å²) in [7, 11) is 0. The number of piperazine rings is 1. The first-order chi connectivity index (χ1) is 8.13. The van der Waals surface area contributed by atoms with E-state index >= 15 is 0 Å². The van der Waals surface area contributed by atoms with Gasteiger partial charge in [0.2, 0.25) is 0 Å². The van der Waals surface area contributed by atoms with Crippen molar-refractivity contribution in [2.24, 2.45) is 5.92 Å². The Balaban J connectivity index is 1.95. The van der Waals surface area contributed by atoms with E-state index in [0.717, 1.165) is 26.2 Å². The highest BCUT2D eigenvalue weighted by Crippen LogP contribution is 2.21. The van der Waals surface area contributed by atoms with Gasteiger partial charge in [0.05, 0.1) is 5.92 Å². The van der Waals surface area contributed by atoms with Gasteiger partial charge in [0.15, 0.2) is 6.35 Å². The summed E-state index contributed by atoms with van der Waals surface area (Å²) in [5.74, 6) is -1.17. The first-order valence-corrected chi connectivity index (χ1v) is 6.25. The molecule has 98 valence electrons. The molecule has 2 heterocycles. The third kappa shape index (κ3) is 2.60. The number of nitrogens with one attached hydrogen (secondary N) is 1. The average Bonchev–Trinajstić information content (AvgIpc) is 2.63. The van der Waals surface area contributed by atoms with Crippen LogP contribution in [0.3, 0.4) is 0 Å². The summed E-state index contributed by atoms with van der Waals surface area (Å²) < 4.78 is 0. The maximum atomic E-state index is 11.0. The van der Waals surface area contributed by atoms with E-state index in [1.54, 1.807) is 0 Å². The third-order valence-electron chi connectivity index (χ3n) is 3.76. The Labute approximate surface area is 101 Å². The fourth-order valence-corrected chi connectivity index (χ4v) is 2.66. The number of hydrogen-bond donors (Lipinski definition) is 3. The number of carbonyl (C=O) groups is 1. The predicted octanol–water partition coefficient (Wildman–Crippen LogP) is -1.04. The van der Waals surface area contributed by atoms with Crippen LogP contribution in [0.1, 0.15) is 13.3 Å². The number of rotatable bonds is 4. The zero-order chi connectivity index (χ0) is 12.4. The number of fused-ring (bicyclic) bond motifs is 1. The van der Waals surface area contributed by atoms with Crippen molar-refractivity contribution in [3.05, 3.63) is 0 Å². The molecule has 2 rings (SSSR count). The van der Waals surface area contributed by atoms with E-state index in [4.69, 9.17) is 5.11 Å². The molecule has 17 heavy (non-hydrogen) atoms. The van der Waals surface area contributed by atoms with Crippen molar-refractivity contribution in [3.63, 3.8) is 0 Å². The van der Waals surface area contributed by atoms with Crippen LogP contribution in [-0.4, -0.2) is 71.1 Å². The summed E-state index contributed by atoms with van der Waals surface area (Å²) in [4.78, 5) is 14.9. The van der Waals surface area contributed by atoms with Crippen LogP contribution in [0, 0.1) is 5.92 Å². The van der Waals surface area contributed by atoms with Crippen LogP contribution in [0.4, 0.5) is 0 Å². The van der Waals surface area contributed by atoms with Crippen molar-refractivity contribution in [2.45, 2.75) is 25.7 Å². The lowest BCUT2D eigenvalue weighted by atomic mass is 10.1. The van der Waals surface area contributed by atoms with Crippen molar-refractivity contribution in [1.29, 1.82) is 0 Å². The van der Waals surface area contributed by atoms with Crippen LogP contribution in [0.2, 0.25) is 0 Å². The highest BCUT2D eigenvalue weighted by molar-refractivity contribution is 5.70. The molecule has 0 saturated carbocycles. The lowest BCUT2D eigenvalue weighted by Crippen LogP contribution is -2.51. The van der Waals surface area contributed by atoms with E-state index in [2.05, 4.69) is 5.32 Å². The maximum absolute atomic E-state index is 11.0. The van der Waals surface area contributed by atoms with Gasteiger partial charge in [0.25, 0.3) is 0 Å². The standard InChI is InChI=1S/C11H21N3O3/c1-2-8(10(15)16)6-13-7-9-5-12-3-4-14(9)11(13)17/h8-9,11-12,17H,2-7H2,1H3,(H,15,16). The quantitative estimate of drug-likeness (QED) is 0.586. The largest absolute Gasteiger partial charge is 0.481 e. The fraction of sp³-hybridized carbons (Fsp3) is 0.909. The van der Waals surface area contributed by atoms with Crippen molar-refractivity contribution < 1.29 is 15.0 Å². The Morgan fingerprint density at radius 1 is 1.59 bits per heavy atom. The van der Waals surface area contributed by atoms with Gasteiger partial charge in [-0.25, -0.2) is 0 Å². The molecule has 0 aromatic rings. The number of carboxylic acids is 1. The molecule has 3 unspecified atom stereocenters. The zero-order valence-electron chi connectivity index (χ0n) is 10.2. The van der Waals surface area contributed by atoms with Gasteiger partial charge in [0, 0.05) is 38.8 Å². The van der Waals surface area contributed by atoms with Crippen molar-refractivity contribution in [2.75, 3.05) is 32.7 Å². The second-order valence-electron chi connectivity index (χ2n) is 4.84. The monoisotopic (exact) mass is 243 g/mol. The second kappa shape index (κ2) is 5.30. The molecule has 0 spiro atoms. The number of aliphatic hydroxyl groups is 1. The van der Waals surface area contributed by atoms with Gasteiger partial charge in [-0.1, -0.05) is 6.92 Å². The van der Waals surface area contributed by atoms with Crippen LogP contribution in [0.15, 0.2) is 0 Å². The molecule has 0 aromatic carbocycles. The lowest BCUT2D eigenvalue weighted by Gasteiger charge is -2.31. The SMILES string of the molecule is CCC(CN1CC2CNCCN2C1O)C(=O)O. The van der Waals surface area contributed by atoms with Gasteiger partial charge in [-0.15, -0.1) is 0 Å². The summed E-state index contributed by atoms with van der Waals surface area (Å²) in [5, 5.41) is 22.5. The van der Waals surface area contributed by atoms with Crippen LogP contribution < -0.4 is 5.32 Å². The molecule has 2 saturated heterocycles. The number of aliphatic carboxylic acids is 1. The Morgan fingerprint density at radius 3 is 2.94 bits per heavy atom. The molecule has 2 aliphatic rings. The number of hydrogen-bond acceptors (Lipinski definition) is 5. The molecule has 0 aromatic heterocycles. The van der Waals surface area contributed by atoms with Crippen LogP contribution in [-0.2, 0) is 4.79 Å². The summed E-state index contributed by atoms with van der Waals surface area (Å²) in [6, 6.07) is 0.310. The van der Waals surface area contributed by atoms with Gasteiger partial charge < -0.3 is 15.5 Å². The first kappa shape index (κ1) is 12.8. The Bertz CT molecular complexity index is 287. The van der Waals surface area contributed by atoms with Gasteiger partial charge in [-0.2, -0.15) is 0 Å². The Morgan fingerprint density at radius 2 is 2.35 bits per heavy atom. The van der Waals surface area contributed by atoms with Gasteiger partial charge in [0.1, 0.15) is 0 Å². The molecular formula is C11H21N3O3. The van der Waals surface area contributed by atoms with Gasteiger partial charge in [-0.05, 0) is 6.42 Å². The third-order valence-corrected chi connectivity index (χ3v) is 3.76. The summed E-state index contributed by atoms with van der Waals surface area (Å²) in [5.41, 5.74) is 0. The van der Waals surface area contributed by atoms with Crippen molar-refractivity contribution in [1.82, 2.24) is 15.1 Å². The minimum atomic E-state index is -0.775. The van der Waals surface area contributed by atoms with Crippen LogP contribution >= 0.6 is 0 Å². The highest BCUT2D eigenvalue weighted by Gasteiger charge is 2.40. The number of aliphatic hydroxyl groups excluding tert-OH is 1. The van der Waals surface area contributed by atoms with E-state index in [1.807, 2.05) is 16.7 Å². The minimum Gasteiger partial charge on any atom is -0.481 e. The lowest BCUT2D eigenvalue weighted by molar-refractivity contribution is -0.144. The molecule has 6 nitrogen and oxygen atoms in total. The summed E-state index contributed by atoms with van der Waals surface area (Å²) in [6.07, 6.45) is -0.0166. The molecule has 3 atom stereocenters. The van der Waals surface area contributed by atoms with E-state index < -0.39 is 12.3 Å². The van der Waals surface area contributed by atoms with E-state index in [0.29, 0.717) is 19.0 Å². The molecule has 6 heteroatoms. The van der Waals surface area contributed by atoms with Gasteiger partial charge in [-0.3, -0.25) is 14.6 Å². The predicted molar refractivity (Wildman–Crippen MR) is 62.4 cm³/mol. The Kier molecular flexibility index (Phi) is 3.98. The molecule has 2 fully saturated rings. The van der Waals surface area contributed by atoms with Crippen molar-refractivity contribution in [3.8, 4) is 0 Å². The average molecular weight is 243 g/mol. The highest BCUT2D eigenvalue weighted by atomic mass is 16.4. The fourth-order valence-electron chi connectivity index (χ4n) is 2.66. The molecule has 2 aliphatic heterocycles. The topological polar surface area (TPSA) is 76.0 Å². The molecule has 3 N–H and O–H groups in total. The first-order valence-electron chi connectivity index (χ1n) is 6.25. The smallest absolute Gasteiger partial charge is 0.307 e. The molecular weight excluding hydrogens is 222 g/mol. The Hall–Kier alpha value is -0.690. The van der Waals surface area contributed by atoms with Crippen molar-refractivity contribution >= 4 is 5.97 Å². The molecule has 0 amide bonds. The summed E-state index contributed by atoms with van der Waals surface area (Å²) in [6.45, 7) is 5.63. The normalized spacial score (nSPS) is 32.4. The second-order valence-corrected chi connectivity index (χ2v) is 4.84. The molecule has 0 radical (unpaired) electrons. The summed E-state index contributed by atoms with van der Waals surface area (Å²) >= 11 is 0. The molecule has 0 bridgehead atoms. The maximum Gasteiger partial charge on any atom is 0.307 e. The number of nitrogens with zero attached hydrogens (tertiary/aromatic N) is 2. The van der Waals surface area contributed by atoms with E-state index in [9.17, 15) is 9.90 Å². The number of carboxylic acid groups (broad SMARTS) is 1.